The van der Waals surface area contributed by atoms with E-state index in [-0.39, 0.29) is 37.0 Å². The molecule has 0 radical (unpaired) electrons. The zero-order valence-corrected chi connectivity index (χ0v) is 25.0. The molecule has 3 N–H and O–H groups in total. The molecule has 11 heteroatoms. The van der Waals surface area contributed by atoms with Gasteiger partial charge in [-0.1, -0.05) is 6.92 Å². The number of carboxylic acid groups (broad SMARTS) is 1. The van der Waals surface area contributed by atoms with Crippen LogP contribution in [0.25, 0.3) is 0 Å². The highest BCUT2D eigenvalue weighted by molar-refractivity contribution is 5.78. The van der Waals surface area contributed by atoms with E-state index >= 15 is 0 Å². The lowest BCUT2D eigenvalue weighted by molar-refractivity contribution is -0.143. The van der Waals surface area contributed by atoms with Crippen molar-refractivity contribution in [3.8, 4) is 0 Å². The number of hydrogen-bond acceptors (Lipinski definition) is 3. The maximum atomic E-state index is 13.0. The first-order valence-corrected chi connectivity index (χ1v) is 15.9. The van der Waals surface area contributed by atoms with Gasteiger partial charge in [-0.2, -0.15) is 0 Å². The molecule has 6 fully saturated rings. The van der Waals surface area contributed by atoms with Crippen molar-refractivity contribution in [2.75, 3.05) is 19.6 Å². The second kappa shape index (κ2) is 12.1. The number of aliphatic carboxylic acids is 1. The molecule has 42 heavy (non-hydrogen) atoms. The SMILES string of the molecule is CCNC(=O)C1CCC2(CC1)CC2(F)F.CCNCC1CCC2(CC1)CC2(F)F.O=C(O)C1CCC2(CC1)CC2(F)F. The molecule has 1 amide bonds. The van der Waals surface area contributed by atoms with Crippen molar-refractivity contribution >= 4 is 11.9 Å². The summed E-state index contributed by atoms with van der Waals surface area (Å²) < 4.78 is 77.9. The molecule has 0 atom stereocenters. The Morgan fingerprint density at radius 1 is 0.643 bits per heavy atom. The highest BCUT2D eigenvalue weighted by atomic mass is 19.3. The van der Waals surface area contributed by atoms with Crippen LogP contribution < -0.4 is 10.6 Å². The van der Waals surface area contributed by atoms with Gasteiger partial charge in [0.2, 0.25) is 5.91 Å². The summed E-state index contributed by atoms with van der Waals surface area (Å²) in [5.74, 6) is -7.85. The molecule has 0 bridgehead atoms. The molecule has 0 saturated heterocycles. The Morgan fingerprint density at radius 2 is 1.00 bits per heavy atom. The third kappa shape index (κ3) is 6.90. The topological polar surface area (TPSA) is 78.4 Å². The van der Waals surface area contributed by atoms with Crippen molar-refractivity contribution in [1.82, 2.24) is 10.6 Å². The first-order chi connectivity index (χ1) is 19.6. The lowest BCUT2D eigenvalue weighted by Crippen LogP contribution is -2.34. The van der Waals surface area contributed by atoms with Gasteiger partial charge in [-0.05, 0) is 103 Å². The Kier molecular flexibility index (Phi) is 9.62. The maximum Gasteiger partial charge on any atom is 0.306 e. The van der Waals surface area contributed by atoms with Gasteiger partial charge in [0.1, 0.15) is 0 Å². The summed E-state index contributed by atoms with van der Waals surface area (Å²) in [6.07, 6.45) is 7.55. The number of nitrogens with one attached hydrogen (secondary N) is 2. The minimum absolute atomic E-state index is 0.0215. The fourth-order valence-corrected chi connectivity index (χ4v) is 7.72. The fourth-order valence-electron chi connectivity index (χ4n) is 7.72. The number of rotatable bonds is 6. The van der Waals surface area contributed by atoms with Crippen LogP contribution in [0.15, 0.2) is 0 Å². The second-order valence-electron chi connectivity index (χ2n) is 14.0. The van der Waals surface area contributed by atoms with Gasteiger partial charge in [-0.3, -0.25) is 9.59 Å². The van der Waals surface area contributed by atoms with Gasteiger partial charge in [0.05, 0.1) is 5.92 Å². The van der Waals surface area contributed by atoms with Gasteiger partial charge >= 0.3 is 5.97 Å². The van der Waals surface area contributed by atoms with Crippen LogP contribution in [0.5, 0.6) is 0 Å². The van der Waals surface area contributed by atoms with Crippen LogP contribution >= 0.6 is 0 Å². The van der Waals surface area contributed by atoms with Crippen molar-refractivity contribution in [2.24, 2.45) is 34.0 Å². The van der Waals surface area contributed by atoms with Gasteiger partial charge in [0.15, 0.2) is 0 Å². The van der Waals surface area contributed by atoms with Crippen molar-refractivity contribution in [3.63, 3.8) is 0 Å². The highest BCUT2D eigenvalue weighted by Crippen LogP contribution is 2.69. The second-order valence-corrected chi connectivity index (χ2v) is 14.0. The van der Waals surface area contributed by atoms with E-state index in [4.69, 9.17) is 5.11 Å². The zero-order valence-electron chi connectivity index (χ0n) is 25.0. The van der Waals surface area contributed by atoms with Gasteiger partial charge in [0, 0.05) is 48.0 Å². The molecule has 0 aliphatic heterocycles. The van der Waals surface area contributed by atoms with Crippen molar-refractivity contribution < 1.29 is 41.0 Å². The summed E-state index contributed by atoms with van der Waals surface area (Å²) in [5, 5.41) is 14.7. The van der Waals surface area contributed by atoms with Crippen LogP contribution in [0, 0.1) is 34.0 Å². The number of carbonyl (C=O) groups excluding carboxylic acids is 1. The number of halogens is 6. The van der Waals surface area contributed by atoms with Crippen molar-refractivity contribution in [2.45, 2.75) is 128 Å². The van der Waals surface area contributed by atoms with E-state index in [2.05, 4.69) is 17.6 Å². The lowest BCUT2D eigenvalue weighted by Gasteiger charge is -2.28. The average molecular weight is 611 g/mol. The molecule has 0 unspecified atom stereocenters. The molecular weight excluding hydrogens is 562 g/mol. The molecule has 5 nitrogen and oxygen atoms in total. The Balaban J connectivity index is 0.000000145. The number of carboxylic acids is 1. The normalized spacial score (nSPS) is 39.8. The van der Waals surface area contributed by atoms with Crippen molar-refractivity contribution in [1.29, 1.82) is 0 Å². The summed E-state index contributed by atoms with van der Waals surface area (Å²) in [6.45, 7) is 6.57. The van der Waals surface area contributed by atoms with E-state index in [1.165, 1.54) is 0 Å². The third-order valence-electron chi connectivity index (χ3n) is 11.3. The average Bonchev–Trinajstić information content (AvgIpc) is 3.80. The number of hydrogen-bond donors (Lipinski definition) is 3. The van der Waals surface area contributed by atoms with Gasteiger partial charge < -0.3 is 15.7 Å². The standard InChI is InChI=1S/C11H17F2NO.C11H19F2N.C9H12F2O2/c1-2-14-9(15)8-3-5-10(6-4-8)7-11(10,12)13;1-2-14-7-9-3-5-10(6-4-9)8-11(10,12)13;10-9(11)5-8(9)3-1-6(2-4-8)7(12)13/h8H,2-7H2,1H3,(H,14,15);9,14H,2-8H2,1H3;6H,1-5H2,(H,12,13). The van der Waals surface area contributed by atoms with Crippen LogP contribution in [0.3, 0.4) is 0 Å². The fraction of sp³-hybridized carbons (Fsp3) is 0.935. The molecular formula is C31H48F6N2O3. The molecule has 0 aromatic heterocycles. The van der Waals surface area contributed by atoms with Crippen LogP contribution in [0.4, 0.5) is 26.3 Å². The molecule has 3 spiro atoms. The summed E-state index contributed by atoms with van der Waals surface area (Å²) in [5.41, 5.74) is -2.09. The molecule has 6 aliphatic carbocycles. The van der Waals surface area contributed by atoms with E-state index in [1.54, 1.807) is 0 Å². The van der Waals surface area contributed by atoms with Crippen LogP contribution in [-0.4, -0.2) is 54.4 Å². The van der Waals surface area contributed by atoms with Crippen molar-refractivity contribution in [3.05, 3.63) is 0 Å². The number of carbonyl (C=O) groups is 2. The first-order valence-electron chi connectivity index (χ1n) is 15.9. The summed E-state index contributed by atoms with van der Waals surface area (Å²) in [7, 11) is 0. The molecule has 0 heterocycles. The number of amides is 1. The van der Waals surface area contributed by atoms with E-state index in [9.17, 15) is 35.9 Å². The van der Waals surface area contributed by atoms with Gasteiger partial charge in [0.25, 0.3) is 17.8 Å². The van der Waals surface area contributed by atoms with E-state index in [0.29, 0.717) is 63.8 Å². The van der Waals surface area contributed by atoms with E-state index in [1.807, 2.05) is 6.92 Å². The molecule has 6 saturated carbocycles. The predicted octanol–water partition coefficient (Wildman–Crippen LogP) is 7.44. The van der Waals surface area contributed by atoms with E-state index in [0.717, 1.165) is 38.8 Å². The smallest absolute Gasteiger partial charge is 0.306 e. The van der Waals surface area contributed by atoms with Gasteiger partial charge in [-0.25, -0.2) is 26.3 Å². The van der Waals surface area contributed by atoms with Gasteiger partial charge in [-0.15, -0.1) is 0 Å². The summed E-state index contributed by atoms with van der Waals surface area (Å²) >= 11 is 0. The molecule has 0 aromatic rings. The van der Waals surface area contributed by atoms with E-state index < -0.39 is 40.0 Å². The Hall–Kier alpha value is -1.52. The van der Waals surface area contributed by atoms with Crippen LogP contribution in [0.2, 0.25) is 0 Å². The third-order valence-corrected chi connectivity index (χ3v) is 11.3. The predicted molar refractivity (Wildman–Crippen MR) is 147 cm³/mol. The minimum Gasteiger partial charge on any atom is -0.481 e. The zero-order chi connectivity index (χ0) is 31.0. The minimum atomic E-state index is -2.50. The quantitative estimate of drug-likeness (QED) is 0.273. The number of alkyl halides is 6. The molecule has 0 aromatic carbocycles. The summed E-state index contributed by atoms with van der Waals surface area (Å²) in [4.78, 5) is 22.1. The van der Waals surface area contributed by atoms with Crippen LogP contribution in [0.1, 0.15) is 110 Å². The van der Waals surface area contributed by atoms with Crippen LogP contribution in [-0.2, 0) is 9.59 Å². The largest absolute Gasteiger partial charge is 0.481 e. The lowest BCUT2D eigenvalue weighted by atomic mass is 9.79. The Bertz CT molecular complexity index is 966. The monoisotopic (exact) mass is 610 g/mol. The summed E-state index contributed by atoms with van der Waals surface area (Å²) in [6, 6.07) is 0. The highest BCUT2D eigenvalue weighted by Gasteiger charge is 2.72. The molecule has 242 valence electrons. The Morgan fingerprint density at radius 3 is 1.31 bits per heavy atom. The first kappa shape index (κ1) is 33.4. The molecule has 6 rings (SSSR count). The molecule has 6 aliphatic rings. The maximum absolute atomic E-state index is 13.0. The Labute approximate surface area is 245 Å².